The molecule has 0 saturated heterocycles. The first kappa shape index (κ1) is 46.1. The van der Waals surface area contributed by atoms with Crippen LogP contribution >= 0.6 is 0 Å². The van der Waals surface area contributed by atoms with Crippen molar-refractivity contribution < 1.29 is 38.1 Å². The van der Waals surface area contributed by atoms with Crippen LogP contribution in [0.4, 0.5) is 19.2 Å². The van der Waals surface area contributed by atoms with E-state index >= 15 is 0 Å². The van der Waals surface area contributed by atoms with E-state index in [1.807, 2.05) is 96.9 Å². The van der Waals surface area contributed by atoms with Crippen molar-refractivity contribution in [2.45, 2.75) is 176 Å². The fourth-order valence-corrected chi connectivity index (χ4v) is 4.48. The Morgan fingerprint density at radius 3 is 0.939 bits per heavy atom. The van der Waals surface area contributed by atoms with E-state index in [2.05, 4.69) is 0 Å². The molecule has 12 heteroatoms. The molecular weight excluding hydrogens is 628 g/mol. The number of rotatable bonds is 16. The zero-order valence-corrected chi connectivity index (χ0v) is 34.0. The lowest BCUT2D eigenvalue weighted by molar-refractivity contribution is 0.0159. The van der Waals surface area contributed by atoms with Crippen LogP contribution in [0.5, 0.6) is 0 Å². The Bertz CT molecular complexity index is 943. The standard InChI is InChI=1S/C37H72N4O8/c1-28(38(15)30(42)46-34(3,4)5)22-26-40(32(44)48-36(9,10)11)24-20-18-17-19-21-25-41(33(45)49-37(12,13)14)27-23-29(2)39(16)31(43)47-35(6,7)8/h28-29H,17-27H2,1-16H3. The highest BCUT2D eigenvalue weighted by molar-refractivity contribution is 5.69. The molecule has 0 aromatic rings. The zero-order chi connectivity index (χ0) is 38.4. The minimum absolute atomic E-state index is 0.131. The summed E-state index contributed by atoms with van der Waals surface area (Å²) < 4.78 is 22.3. The second-order valence-electron chi connectivity index (χ2n) is 17.2. The van der Waals surface area contributed by atoms with Gasteiger partial charge in [0.25, 0.3) is 0 Å². The zero-order valence-electron chi connectivity index (χ0n) is 34.0. The molecule has 0 heterocycles. The largest absolute Gasteiger partial charge is 0.444 e. The lowest BCUT2D eigenvalue weighted by Crippen LogP contribution is -2.43. The number of nitrogens with zero attached hydrogens (tertiary/aromatic N) is 4. The van der Waals surface area contributed by atoms with Crippen LogP contribution < -0.4 is 0 Å². The Balaban J connectivity index is 5.08. The molecule has 0 aromatic heterocycles. The van der Waals surface area contributed by atoms with Crippen LogP contribution in [0, 0.1) is 0 Å². The average molecular weight is 701 g/mol. The van der Waals surface area contributed by atoms with Gasteiger partial charge in [0, 0.05) is 52.4 Å². The predicted octanol–water partition coefficient (Wildman–Crippen LogP) is 8.70. The van der Waals surface area contributed by atoms with E-state index in [1.165, 1.54) is 0 Å². The molecule has 0 radical (unpaired) electrons. The Morgan fingerprint density at radius 2 is 0.673 bits per heavy atom. The molecule has 12 nitrogen and oxygen atoms in total. The lowest BCUT2D eigenvalue weighted by Gasteiger charge is -2.31. The first-order valence-electron chi connectivity index (χ1n) is 18.0. The molecule has 0 spiro atoms. The van der Waals surface area contributed by atoms with Crippen molar-refractivity contribution in [3.05, 3.63) is 0 Å². The summed E-state index contributed by atoms with van der Waals surface area (Å²) in [5.41, 5.74) is -2.39. The van der Waals surface area contributed by atoms with Gasteiger partial charge in [-0.05, 0) is 123 Å². The van der Waals surface area contributed by atoms with Crippen molar-refractivity contribution in [2.24, 2.45) is 0 Å². The highest BCUT2D eigenvalue weighted by Crippen LogP contribution is 2.18. The van der Waals surface area contributed by atoms with Crippen LogP contribution in [-0.2, 0) is 18.9 Å². The topological polar surface area (TPSA) is 118 Å². The summed E-state index contributed by atoms with van der Waals surface area (Å²) in [5, 5.41) is 0. The van der Waals surface area contributed by atoms with Crippen LogP contribution in [0.25, 0.3) is 0 Å². The number of hydrogen-bond acceptors (Lipinski definition) is 8. The first-order valence-corrected chi connectivity index (χ1v) is 18.0. The Hall–Kier alpha value is -2.92. The fraction of sp³-hybridized carbons (Fsp3) is 0.892. The number of hydrogen-bond donors (Lipinski definition) is 0. The van der Waals surface area contributed by atoms with Crippen molar-refractivity contribution in [3.63, 3.8) is 0 Å². The average Bonchev–Trinajstić information content (AvgIpc) is 2.90. The van der Waals surface area contributed by atoms with Gasteiger partial charge in [-0.15, -0.1) is 0 Å². The van der Waals surface area contributed by atoms with Crippen LogP contribution in [0.2, 0.25) is 0 Å². The van der Waals surface area contributed by atoms with Gasteiger partial charge in [-0.3, -0.25) is 0 Å². The molecule has 0 aliphatic rings. The molecule has 4 amide bonds. The van der Waals surface area contributed by atoms with Crippen molar-refractivity contribution in [1.29, 1.82) is 0 Å². The molecule has 0 saturated carbocycles. The molecule has 2 atom stereocenters. The summed E-state index contributed by atoms with van der Waals surface area (Å²) >= 11 is 0. The van der Waals surface area contributed by atoms with Crippen molar-refractivity contribution in [1.82, 2.24) is 19.6 Å². The molecule has 288 valence electrons. The summed E-state index contributed by atoms with van der Waals surface area (Å²) in [6.45, 7) is 28.0. The van der Waals surface area contributed by atoms with Crippen molar-refractivity contribution >= 4 is 24.4 Å². The number of ether oxygens (including phenoxy) is 4. The summed E-state index contributed by atoms with van der Waals surface area (Å²) in [4.78, 5) is 57.7. The molecule has 0 fully saturated rings. The number of amides is 4. The van der Waals surface area contributed by atoms with Crippen LogP contribution in [0.1, 0.15) is 142 Å². The SMILES string of the molecule is CC(CCN(CCCCCCCN(CCC(C)N(C)C(=O)OC(C)(C)C)C(=O)OC(C)(C)C)C(=O)OC(C)(C)C)N(C)C(=O)OC(C)(C)C. The highest BCUT2D eigenvalue weighted by Gasteiger charge is 2.28. The summed E-state index contributed by atoms with van der Waals surface area (Å²) in [6, 6.07) is -0.262. The Morgan fingerprint density at radius 1 is 0.429 bits per heavy atom. The van der Waals surface area contributed by atoms with Gasteiger partial charge in [-0.2, -0.15) is 0 Å². The van der Waals surface area contributed by atoms with Crippen molar-refractivity contribution in [2.75, 3.05) is 40.3 Å². The van der Waals surface area contributed by atoms with Crippen molar-refractivity contribution in [3.8, 4) is 0 Å². The van der Waals surface area contributed by atoms with Gasteiger partial charge >= 0.3 is 24.4 Å². The monoisotopic (exact) mass is 701 g/mol. The van der Waals surface area contributed by atoms with Gasteiger partial charge in [0.05, 0.1) is 0 Å². The van der Waals surface area contributed by atoms with E-state index < -0.39 is 34.6 Å². The van der Waals surface area contributed by atoms with E-state index in [4.69, 9.17) is 18.9 Å². The number of unbranched alkanes of at least 4 members (excludes halogenated alkanes) is 4. The van der Waals surface area contributed by atoms with Gasteiger partial charge in [0.1, 0.15) is 22.4 Å². The van der Waals surface area contributed by atoms with Gasteiger partial charge in [0.15, 0.2) is 0 Å². The predicted molar refractivity (Wildman–Crippen MR) is 195 cm³/mol. The number of carbonyl (C=O) groups excluding carboxylic acids is 4. The lowest BCUT2D eigenvalue weighted by atomic mass is 10.1. The molecule has 0 rings (SSSR count). The third kappa shape index (κ3) is 22.4. The smallest absolute Gasteiger partial charge is 0.410 e. The van der Waals surface area contributed by atoms with Crippen LogP contribution in [0.3, 0.4) is 0 Å². The Labute approximate surface area is 298 Å². The van der Waals surface area contributed by atoms with Gasteiger partial charge in [-0.1, -0.05) is 19.3 Å². The first-order chi connectivity index (χ1) is 22.1. The maximum atomic E-state index is 13.0. The molecule has 0 bridgehead atoms. The maximum Gasteiger partial charge on any atom is 0.410 e. The van der Waals surface area contributed by atoms with Crippen LogP contribution in [-0.4, -0.2) is 119 Å². The third-order valence-electron chi connectivity index (χ3n) is 7.48. The van der Waals surface area contributed by atoms with E-state index in [0.29, 0.717) is 39.0 Å². The maximum absolute atomic E-state index is 13.0. The normalized spacial score (nSPS) is 13.6. The molecule has 0 aliphatic heterocycles. The quantitative estimate of drug-likeness (QED) is 0.116. The number of carbonyl (C=O) groups is 4. The van der Waals surface area contributed by atoms with E-state index in [-0.39, 0.29) is 24.3 Å². The molecule has 2 unspecified atom stereocenters. The van der Waals surface area contributed by atoms with E-state index in [0.717, 1.165) is 32.1 Å². The van der Waals surface area contributed by atoms with Gasteiger partial charge in [-0.25, -0.2) is 19.2 Å². The molecular formula is C37H72N4O8. The van der Waals surface area contributed by atoms with E-state index in [9.17, 15) is 19.2 Å². The second kappa shape index (κ2) is 20.1. The van der Waals surface area contributed by atoms with Gasteiger partial charge in [0.2, 0.25) is 0 Å². The summed E-state index contributed by atoms with van der Waals surface area (Å²) in [5.74, 6) is 0. The molecule has 0 N–H and O–H groups in total. The summed E-state index contributed by atoms with van der Waals surface area (Å²) in [6.07, 6.45) is 4.04. The van der Waals surface area contributed by atoms with E-state index in [1.54, 1.807) is 33.7 Å². The third-order valence-corrected chi connectivity index (χ3v) is 7.48. The fourth-order valence-electron chi connectivity index (χ4n) is 4.48. The second-order valence-corrected chi connectivity index (χ2v) is 17.2. The minimum Gasteiger partial charge on any atom is -0.444 e. The highest BCUT2D eigenvalue weighted by atomic mass is 16.6. The Kier molecular flexibility index (Phi) is 18.9. The molecule has 49 heavy (non-hydrogen) atoms. The summed E-state index contributed by atoms with van der Waals surface area (Å²) in [7, 11) is 3.42. The van der Waals surface area contributed by atoms with Gasteiger partial charge < -0.3 is 38.5 Å². The molecule has 0 aromatic carbocycles. The minimum atomic E-state index is -0.614. The molecule has 0 aliphatic carbocycles. The van der Waals surface area contributed by atoms with Crippen LogP contribution in [0.15, 0.2) is 0 Å².